The van der Waals surface area contributed by atoms with E-state index in [2.05, 4.69) is 15.0 Å². The average molecular weight is 400 g/mol. The van der Waals surface area contributed by atoms with Crippen LogP contribution in [-0.4, -0.2) is 56.8 Å². The van der Waals surface area contributed by atoms with Gasteiger partial charge in [-0.1, -0.05) is 18.0 Å². The number of aromatic nitrogens is 3. The normalized spacial score (nSPS) is 21.3. The molecule has 2 aliphatic heterocycles. The van der Waals surface area contributed by atoms with Gasteiger partial charge in [0.05, 0.1) is 29.5 Å². The van der Waals surface area contributed by atoms with Crippen LogP contribution in [0.25, 0.3) is 11.3 Å². The molecule has 0 aliphatic carbocycles. The van der Waals surface area contributed by atoms with Crippen LogP contribution in [0.1, 0.15) is 67.9 Å². The van der Waals surface area contributed by atoms with E-state index in [1.165, 1.54) is 25.7 Å². The van der Waals surface area contributed by atoms with Crippen LogP contribution in [0.15, 0.2) is 10.7 Å². The lowest BCUT2D eigenvalue weighted by Crippen LogP contribution is -2.44. The molecule has 0 saturated carbocycles. The van der Waals surface area contributed by atoms with Crippen LogP contribution in [0.4, 0.5) is 0 Å². The van der Waals surface area contributed by atoms with Crippen molar-refractivity contribution in [3.05, 3.63) is 23.1 Å². The molecule has 2 aromatic heterocycles. The van der Waals surface area contributed by atoms with Crippen LogP contribution >= 0.6 is 0 Å². The van der Waals surface area contributed by atoms with Crippen molar-refractivity contribution < 1.29 is 9.32 Å². The van der Waals surface area contributed by atoms with Gasteiger partial charge in [0.2, 0.25) is 5.91 Å². The molecule has 0 radical (unpaired) electrons. The third kappa shape index (κ3) is 4.25. The topological polar surface area (TPSA) is 67.4 Å². The van der Waals surface area contributed by atoms with Crippen molar-refractivity contribution in [1.82, 2.24) is 24.7 Å². The second-order valence-corrected chi connectivity index (χ2v) is 8.61. The molecule has 0 bridgehead atoms. The van der Waals surface area contributed by atoms with E-state index in [1.54, 1.807) is 0 Å². The number of nitrogens with zero attached hydrogens (tertiary/aromatic N) is 5. The first kappa shape index (κ1) is 20.1. The molecule has 29 heavy (non-hydrogen) atoms. The van der Waals surface area contributed by atoms with Gasteiger partial charge in [0.25, 0.3) is 0 Å². The summed E-state index contributed by atoms with van der Waals surface area (Å²) >= 11 is 0. The van der Waals surface area contributed by atoms with E-state index >= 15 is 0 Å². The fraction of sp³-hybridized carbons (Fsp3) is 0.682. The number of likely N-dealkylation sites (tertiary alicyclic amines) is 2. The molecule has 1 amide bonds. The molecule has 2 fully saturated rings. The van der Waals surface area contributed by atoms with Gasteiger partial charge in [-0.05, 0) is 59.0 Å². The Morgan fingerprint density at radius 2 is 1.83 bits per heavy atom. The molecule has 0 spiro atoms. The van der Waals surface area contributed by atoms with Crippen molar-refractivity contribution in [2.75, 3.05) is 26.2 Å². The van der Waals surface area contributed by atoms with E-state index in [0.717, 1.165) is 67.2 Å². The van der Waals surface area contributed by atoms with E-state index < -0.39 is 0 Å². The summed E-state index contributed by atoms with van der Waals surface area (Å²) in [4.78, 5) is 17.7. The Hall–Kier alpha value is -2.15. The third-order valence-corrected chi connectivity index (χ3v) is 6.46. The maximum Gasteiger partial charge on any atom is 0.237 e. The molecule has 2 saturated heterocycles. The molecule has 2 aromatic rings. The lowest BCUT2D eigenvalue weighted by molar-refractivity contribution is -0.136. The SMILES string of the molecule is Cc1noc(-c2cn(C)nc2[C@H]2CCCCN2C(=O)CN2CCCCCC2)c1C. The number of aryl methyl sites for hydroxylation is 2. The second kappa shape index (κ2) is 8.69. The number of carbonyl (C=O) groups excluding carboxylic acids is 1. The first-order chi connectivity index (χ1) is 14.0. The summed E-state index contributed by atoms with van der Waals surface area (Å²) in [5.74, 6) is 1.01. The number of rotatable bonds is 4. The summed E-state index contributed by atoms with van der Waals surface area (Å²) in [6, 6.07) is 0.00392. The highest BCUT2D eigenvalue weighted by Crippen LogP contribution is 2.37. The van der Waals surface area contributed by atoms with Crippen molar-refractivity contribution in [2.24, 2.45) is 7.05 Å². The van der Waals surface area contributed by atoms with Crippen molar-refractivity contribution in [1.29, 1.82) is 0 Å². The molecule has 1 atom stereocenters. The van der Waals surface area contributed by atoms with Gasteiger partial charge in [0, 0.05) is 25.4 Å². The van der Waals surface area contributed by atoms with Gasteiger partial charge in [-0.15, -0.1) is 0 Å². The Balaban J connectivity index is 1.59. The molecule has 0 unspecified atom stereocenters. The van der Waals surface area contributed by atoms with Crippen molar-refractivity contribution in [3.8, 4) is 11.3 Å². The van der Waals surface area contributed by atoms with Gasteiger partial charge >= 0.3 is 0 Å². The van der Waals surface area contributed by atoms with Gasteiger partial charge in [0.15, 0.2) is 5.76 Å². The molecule has 158 valence electrons. The predicted octanol–water partition coefficient (Wildman–Crippen LogP) is 3.62. The summed E-state index contributed by atoms with van der Waals surface area (Å²) < 4.78 is 7.47. The van der Waals surface area contributed by atoms with Crippen LogP contribution in [0.5, 0.6) is 0 Å². The zero-order valence-electron chi connectivity index (χ0n) is 18.0. The highest BCUT2D eigenvalue weighted by Gasteiger charge is 2.33. The van der Waals surface area contributed by atoms with Crippen molar-refractivity contribution in [3.63, 3.8) is 0 Å². The highest BCUT2D eigenvalue weighted by molar-refractivity contribution is 5.79. The van der Waals surface area contributed by atoms with Gasteiger partial charge in [-0.3, -0.25) is 14.4 Å². The number of amides is 1. The average Bonchev–Trinajstić information content (AvgIpc) is 3.13. The number of hydrogen-bond donors (Lipinski definition) is 0. The van der Waals surface area contributed by atoms with Crippen LogP contribution in [0, 0.1) is 13.8 Å². The second-order valence-electron chi connectivity index (χ2n) is 8.61. The van der Waals surface area contributed by atoms with E-state index in [9.17, 15) is 4.79 Å². The quantitative estimate of drug-likeness (QED) is 0.785. The third-order valence-electron chi connectivity index (χ3n) is 6.46. The zero-order chi connectivity index (χ0) is 20.4. The molecule has 4 heterocycles. The molecule has 4 rings (SSSR count). The lowest BCUT2D eigenvalue weighted by Gasteiger charge is -2.36. The summed E-state index contributed by atoms with van der Waals surface area (Å²) in [5, 5.41) is 8.91. The van der Waals surface area contributed by atoms with Crippen molar-refractivity contribution in [2.45, 2.75) is 64.8 Å². The molecular formula is C22H33N5O2. The minimum Gasteiger partial charge on any atom is -0.356 e. The molecule has 2 aliphatic rings. The Kier molecular flexibility index (Phi) is 6.04. The number of piperidine rings is 1. The summed E-state index contributed by atoms with van der Waals surface area (Å²) in [6.07, 6.45) is 10.1. The van der Waals surface area contributed by atoms with Crippen LogP contribution in [-0.2, 0) is 11.8 Å². The number of hydrogen-bond acceptors (Lipinski definition) is 5. The summed E-state index contributed by atoms with van der Waals surface area (Å²) in [5.41, 5.74) is 3.84. The van der Waals surface area contributed by atoms with E-state index in [0.29, 0.717) is 6.54 Å². The molecule has 7 nitrogen and oxygen atoms in total. The Morgan fingerprint density at radius 3 is 2.52 bits per heavy atom. The maximum absolute atomic E-state index is 13.3. The van der Waals surface area contributed by atoms with Crippen LogP contribution < -0.4 is 0 Å². The Labute approximate surface area is 173 Å². The van der Waals surface area contributed by atoms with Crippen LogP contribution in [0.3, 0.4) is 0 Å². The fourth-order valence-electron chi connectivity index (χ4n) is 4.68. The first-order valence-electron chi connectivity index (χ1n) is 11.0. The Bertz CT molecular complexity index is 848. The maximum atomic E-state index is 13.3. The highest BCUT2D eigenvalue weighted by atomic mass is 16.5. The summed E-state index contributed by atoms with van der Waals surface area (Å²) in [6.45, 7) is 7.39. The smallest absolute Gasteiger partial charge is 0.237 e. The van der Waals surface area contributed by atoms with Crippen LogP contribution in [0.2, 0.25) is 0 Å². The fourth-order valence-corrected chi connectivity index (χ4v) is 4.68. The Morgan fingerprint density at radius 1 is 1.10 bits per heavy atom. The minimum atomic E-state index is 0.00392. The largest absolute Gasteiger partial charge is 0.356 e. The van der Waals surface area contributed by atoms with E-state index in [-0.39, 0.29) is 11.9 Å². The van der Waals surface area contributed by atoms with E-state index in [1.807, 2.05) is 31.8 Å². The monoisotopic (exact) mass is 399 g/mol. The minimum absolute atomic E-state index is 0.00392. The molecule has 7 heteroatoms. The van der Waals surface area contributed by atoms with Gasteiger partial charge in [0.1, 0.15) is 0 Å². The first-order valence-corrected chi connectivity index (χ1v) is 11.0. The summed E-state index contributed by atoms with van der Waals surface area (Å²) in [7, 11) is 1.93. The van der Waals surface area contributed by atoms with Gasteiger partial charge in [-0.2, -0.15) is 5.10 Å². The lowest BCUT2D eigenvalue weighted by atomic mass is 9.95. The molecular weight excluding hydrogens is 366 g/mol. The van der Waals surface area contributed by atoms with Crippen molar-refractivity contribution >= 4 is 5.91 Å². The van der Waals surface area contributed by atoms with E-state index in [4.69, 9.17) is 9.62 Å². The number of carbonyl (C=O) groups is 1. The van der Waals surface area contributed by atoms with Gasteiger partial charge in [-0.25, -0.2) is 0 Å². The standard InChI is InChI=1S/C22H33N5O2/c1-16-17(2)24-29-22(16)18-14-25(3)23-21(18)19-10-6-9-13-27(19)20(28)15-26-11-7-4-5-8-12-26/h14,19H,4-13,15H2,1-3H3/t19-/m1/s1. The molecule has 0 aromatic carbocycles. The molecule has 0 N–H and O–H groups in total. The predicted molar refractivity (Wildman–Crippen MR) is 111 cm³/mol. The zero-order valence-corrected chi connectivity index (χ0v) is 18.0. The van der Waals surface area contributed by atoms with Gasteiger partial charge < -0.3 is 9.42 Å².